The monoisotopic (exact) mass is 435 g/mol. The first-order valence-electron chi connectivity index (χ1n) is 7.04. The lowest BCUT2D eigenvalue weighted by Crippen LogP contribution is -2.31. The third-order valence-corrected chi connectivity index (χ3v) is 4.41. The van der Waals surface area contributed by atoms with Gasteiger partial charge >= 0.3 is 0 Å². The Hall–Kier alpha value is -1.89. The van der Waals surface area contributed by atoms with Crippen LogP contribution in [-0.2, 0) is 23.1 Å². The normalized spacial score (nSPS) is 12.5. The van der Waals surface area contributed by atoms with Gasteiger partial charge in [-0.05, 0) is 51.6 Å². The van der Waals surface area contributed by atoms with E-state index in [1.165, 1.54) is 6.07 Å². The summed E-state index contributed by atoms with van der Waals surface area (Å²) >= 11 is 3.09. The second kappa shape index (κ2) is 8.47. The Labute approximate surface area is 151 Å². The summed E-state index contributed by atoms with van der Waals surface area (Å²) in [4.78, 5) is 0. The second-order valence-corrected chi connectivity index (χ2v) is 7.31. The van der Waals surface area contributed by atoms with Crippen LogP contribution in [0.25, 0.3) is 0 Å². The highest BCUT2D eigenvalue weighted by Crippen LogP contribution is 2.19. The van der Waals surface area contributed by atoms with Crippen molar-refractivity contribution in [2.24, 2.45) is 10.3 Å². The standard InChI is InChI=1S/C13H15BrFN5O4S/c14-9-6-8(3-4-10(9)15)7-12(18-21)13-11(19-24-20-13)2-1-5-17-25(16,22)23/h3-4,6,17,21H,1-2,5,7H2,(H2,16,22,23)/b18-12-. The lowest BCUT2D eigenvalue weighted by molar-refractivity contribution is 0.300. The molecule has 0 fully saturated rings. The number of rotatable bonds is 8. The number of hydrogen-bond donors (Lipinski definition) is 3. The van der Waals surface area contributed by atoms with E-state index in [1.54, 1.807) is 12.1 Å². The second-order valence-electron chi connectivity index (χ2n) is 5.07. The smallest absolute Gasteiger partial charge is 0.274 e. The Morgan fingerprint density at radius 2 is 2.20 bits per heavy atom. The number of nitrogens with two attached hydrogens (primary N) is 1. The molecule has 2 rings (SSSR count). The van der Waals surface area contributed by atoms with Crippen molar-refractivity contribution >= 4 is 31.9 Å². The minimum atomic E-state index is -3.75. The molecule has 136 valence electrons. The Morgan fingerprint density at radius 3 is 2.84 bits per heavy atom. The molecule has 0 atom stereocenters. The summed E-state index contributed by atoms with van der Waals surface area (Å²) in [5.74, 6) is -0.405. The summed E-state index contributed by atoms with van der Waals surface area (Å²) < 4.78 is 42.0. The van der Waals surface area contributed by atoms with Crippen molar-refractivity contribution in [1.82, 2.24) is 15.0 Å². The molecular weight excluding hydrogens is 421 g/mol. The van der Waals surface area contributed by atoms with E-state index in [4.69, 9.17) is 5.14 Å². The van der Waals surface area contributed by atoms with Gasteiger partial charge in [0.05, 0.1) is 4.47 Å². The van der Waals surface area contributed by atoms with Gasteiger partial charge in [0.15, 0.2) is 5.69 Å². The van der Waals surface area contributed by atoms with E-state index in [-0.39, 0.29) is 28.8 Å². The Balaban J connectivity index is 2.06. The molecule has 0 aliphatic heterocycles. The average Bonchev–Trinajstić information content (AvgIpc) is 3.00. The number of benzene rings is 1. The zero-order chi connectivity index (χ0) is 18.4. The van der Waals surface area contributed by atoms with Gasteiger partial charge in [-0.1, -0.05) is 16.4 Å². The average molecular weight is 436 g/mol. The predicted octanol–water partition coefficient (Wildman–Crippen LogP) is 1.12. The molecule has 1 aromatic carbocycles. The Bertz CT molecular complexity index is 871. The van der Waals surface area contributed by atoms with Crippen LogP contribution >= 0.6 is 15.9 Å². The lowest BCUT2D eigenvalue weighted by atomic mass is 10.0. The number of nitrogens with one attached hydrogen (secondary N) is 1. The van der Waals surface area contributed by atoms with Crippen molar-refractivity contribution < 1.29 is 22.6 Å². The van der Waals surface area contributed by atoms with E-state index in [9.17, 15) is 18.0 Å². The van der Waals surface area contributed by atoms with Gasteiger partial charge in [0.25, 0.3) is 10.2 Å². The van der Waals surface area contributed by atoms with Gasteiger partial charge in [0.2, 0.25) is 0 Å². The highest BCUT2D eigenvalue weighted by atomic mass is 79.9. The van der Waals surface area contributed by atoms with Crippen LogP contribution in [0.3, 0.4) is 0 Å². The minimum absolute atomic E-state index is 0.113. The SMILES string of the molecule is NS(=O)(=O)NCCCc1nonc1/C(Cc1ccc(F)c(Br)c1)=N\O. The number of hydrogen-bond acceptors (Lipinski definition) is 7. The van der Waals surface area contributed by atoms with Crippen LogP contribution in [0.1, 0.15) is 23.4 Å². The van der Waals surface area contributed by atoms with Crippen molar-refractivity contribution in [2.45, 2.75) is 19.3 Å². The molecule has 1 heterocycles. The maximum Gasteiger partial charge on any atom is 0.274 e. The van der Waals surface area contributed by atoms with Crippen molar-refractivity contribution in [1.29, 1.82) is 0 Å². The zero-order valence-electron chi connectivity index (χ0n) is 12.8. The summed E-state index contributed by atoms with van der Waals surface area (Å²) in [7, 11) is -3.75. The van der Waals surface area contributed by atoms with Gasteiger partial charge in [0, 0.05) is 13.0 Å². The van der Waals surface area contributed by atoms with Gasteiger partial charge in [-0.25, -0.2) is 18.9 Å². The summed E-state index contributed by atoms with van der Waals surface area (Å²) in [6, 6.07) is 4.40. The fourth-order valence-electron chi connectivity index (χ4n) is 2.07. The molecule has 4 N–H and O–H groups in total. The molecule has 2 aromatic rings. The summed E-state index contributed by atoms with van der Waals surface area (Å²) in [5.41, 5.74) is 1.53. The van der Waals surface area contributed by atoms with Gasteiger partial charge in [-0.15, -0.1) is 0 Å². The number of halogens is 2. The van der Waals surface area contributed by atoms with Crippen LogP contribution in [0, 0.1) is 5.82 Å². The van der Waals surface area contributed by atoms with Crippen LogP contribution in [0.5, 0.6) is 0 Å². The van der Waals surface area contributed by atoms with Crippen molar-refractivity contribution in [3.8, 4) is 0 Å². The van der Waals surface area contributed by atoms with Crippen LogP contribution in [-0.4, -0.2) is 36.2 Å². The number of oxime groups is 1. The van der Waals surface area contributed by atoms with Gasteiger partial charge in [-0.2, -0.15) is 8.42 Å². The maximum atomic E-state index is 13.3. The van der Waals surface area contributed by atoms with Crippen LogP contribution in [0.2, 0.25) is 0 Å². The summed E-state index contributed by atoms with van der Waals surface area (Å²) in [6.45, 7) is 0.113. The highest BCUT2D eigenvalue weighted by molar-refractivity contribution is 9.10. The molecule has 0 aliphatic rings. The van der Waals surface area contributed by atoms with Crippen molar-refractivity contribution in [3.05, 3.63) is 45.4 Å². The third kappa shape index (κ3) is 5.85. The largest absolute Gasteiger partial charge is 0.411 e. The molecule has 0 saturated heterocycles. The van der Waals surface area contributed by atoms with Crippen LogP contribution in [0.4, 0.5) is 4.39 Å². The van der Waals surface area contributed by atoms with E-state index in [1.807, 2.05) is 0 Å². The van der Waals surface area contributed by atoms with Crippen LogP contribution < -0.4 is 9.86 Å². The first kappa shape index (κ1) is 19.4. The highest BCUT2D eigenvalue weighted by Gasteiger charge is 2.18. The molecule has 0 spiro atoms. The molecule has 0 radical (unpaired) electrons. The summed E-state index contributed by atoms with van der Waals surface area (Å²) in [5, 5.41) is 24.8. The third-order valence-electron chi connectivity index (χ3n) is 3.20. The quantitative estimate of drug-likeness (QED) is 0.245. The van der Waals surface area contributed by atoms with Crippen molar-refractivity contribution in [3.63, 3.8) is 0 Å². The molecule has 1 aromatic heterocycles. The van der Waals surface area contributed by atoms with Gasteiger partial charge in [-0.3, -0.25) is 0 Å². The van der Waals surface area contributed by atoms with Crippen molar-refractivity contribution in [2.75, 3.05) is 6.54 Å². The number of nitrogens with zero attached hydrogens (tertiary/aromatic N) is 3. The molecule has 25 heavy (non-hydrogen) atoms. The van der Waals surface area contributed by atoms with E-state index in [0.717, 1.165) is 0 Å². The fourth-order valence-corrected chi connectivity index (χ4v) is 2.92. The fraction of sp³-hybridized carbons (Fsp3) is 0.308. The summed E-state index contributed by atoms with van der Waals surface area (Å²) in [6.07, 6.45) is 0.887. The molecule has 0 aliphatic carbocycles. The van der Waals surface area contributed by atoms with E-state index >= 15 is 0 Å². The molecular formula is C13H15BrFN5O4S. The minimum Gasteiger partial charge on any atom is -0.411 e. The first-order chi connectivity index (χ1) is 11.8. The van der Waals surface area contributed by atoms with E-state index in [2.05, 4.69) is 40.8 Å². The Kier molecular flexibility index (Phi) is 6.58. The molecule has 9 nitrogen and oxygen atoms in total. The van der Waals surface area contributed by atoms with Gasteiger partial charge < -0.3 is 5.21 Å². The topological polar surface area (TPSA) is 144 Å². The molecule has 0 saturated carbocycles. The molecule has 0 amide bonds. The molecule has 0 bridgehead atoms. The first-order valence-corrected chi connectivity index (χ1v) is 9.38. The number of aryl methyl sites for hydroxylation is 1. The predicted molar refractivity (Wildman–Crippen MR) is 89.9 cm³/mol. The maximum absolute atomic E-state index is 13.3. The molecule has 0 unspecified atom stereocenters. The van der Waals surface area contributed by atoms with Gasteiger partial charge in [0.1, 0.15) is 17.2 Å². The lowest BCUT2D eigenvalue weighted by Gasteiger charge is -2.05. The van der Waals surface area contributed by atoms with Crippen LogP contribution in [0.15, 0.2) is 32.5 Å². The number of aromatic nitrogens is 2. The molecule has 12 heteroatoms. The zero-order valence-corrected chi connectivity index (χ0v) is 15.2. The Morgan fingerprint density at radius 1 is 1.44 bits per heavy atom. The van der Waals surface area contributed by atoms with E-state index in [0.29, 0.717) is 24.1 Å². The van der Waals surface area contributed by atoms with E-state index < -0.39 is 16.0 Å².